The SMILES string of the molecule is CC1(C)c2ccccc2-c2ccc(-c3ccc(N(c4ccccc4)c4ccc(-c5cccc6c5sc5ccccc56)cc4)cc3)cc21. The van der Waals surface area contributed by atoms with Gasteiger partial charge in [-0.1, -0.05) is 129 Å². The monoisotopic (exact) mass is 619 g/mol. The zero-order valence-corrected chi connectivity index (χ0v) is 27.3. The first-order chi connectivity index (χ1) is 23.1. The summed E-state index contributed by atoms with van der Waals surface area (Å²) >= 11 is 1.88. The normalized spacial score (nSPS) is 13.1. The largest absolute Gasteiger partial charge is 0.311 e. The van der Waals surface area contributed by atoms with Gasteiger partial charge in [0.25, 0.3) is 0 Å². The number of para-hydroxylation sites is 1. The second-order valence-electron chi connectivity index (χ2n) is 13.0. The minimum absolute atomic E-state index is 0.0132. The van der Waals surface area contributed by atoms with Crippen molar-refractivity contribution in [2.45, 2.75) is 19.3 Å². The third kappa shape index (κ3) is 4.52. The molecule has 9 rings (SSSR count). The highest BCUT2D eigenvalue weighted by atomic mass is 32.1. The van der Waals surface area contributed by atoms with E-state index in [9.17, 15) is 0 Å². The number of fused-ring (bicyclic) bond motifs is 6. The van der Waals surface area contributed by atoms with Crippen LogP contribution in [-0.2, 0) is 5.41 Å². The van der Waals surface area contributed by atoms with Gasteiger partial charge in [-0.05, 0) is 93.0 Å². The average molecular weight is 620 g/mol. The first kappa shape index (κ1) is 27.8. The summed E-state index contributed by atoms with van der Waals surface area (Å²) in [5, 5.41) is 2.66. The van der Waals surface area contributed by atoms with Crippen molar-refractivity contribution in [3.05, 3.63) is 175 Å². The molecule has 1 aromatic heterocycles. The Morgan fingerprint density at radius 3 is 1.79 bits per heavy atom. The van der Waals surface area contributed by atoms with Gasteiger partial charge in [0, 0.05) is 42.6 Å². The summed E-state index contributed by atoms with van der Waals surface area (Å²) in [5.74, 6) is 0. The van der Waals surface area contributed by atoms with E-state index >= 15 is 0 Å². The highest BCUT2D eigenvalue weighted by molar-refractivity contribution is 7.26. The molecule has 8 aromatic rings. The lowest BCUT2D eigenvalue weighted by molar-refractivity contribution is 0.660. The van der Waals surface area contributed by atoms with Gasteiger partial charge in [0.1, 0.15) is 0 Å². The summed E-state index contributed by atoms with van der Waals surface area (Å²) in [6.07, 6.45) is 0. The Morgan fingerprint density at radius 1 is 0.426 bits per heavy atom. The van der Waals surface area contributed by atoms with Crippen molar-refractivity contribution in [2.24, 2.45) is 0 Å². The van der Waals surface area contributed by atoms with Crippen LogP contribution >= 0.6 is 11.3 Å². The molecule has 0 radical (unpaired) electrons. The number of hydrogen-bond donors (Lipinski definition) is 0. The fourth-order valence-corrected chi connectivity index (χ4v) is 8.71. The molecule has 0 saturated carbocycles. The van der Waals surface area contributed by atoms with Gasteiger partial charge >= 0.3 is 0 Å². The predicted octanol–water partition coefficient (Wildman–Crippen LogP) is 13.2. The smallest absolute Gasteiger partial charge is 0.0462 e. The van der Waals surface area contributed by atoms with Crippen molar-refractivity contribution in [3.8, 4) is 33.4 Å². The van der Waals surface area contributed by atoms with E-state index in [0.29, 0.717) is 0 Å². The molecule has 0 fully saturated rings. The Bertz CT molecular complexity index is 2410. The average Bonchev–Trinajstić information content (AvgIpc) is 3.62. The molecule has 47 heavy (non-hydrogen) atoms. The summed E-state index contributed by atoms with van der Waals surface area (Å²) in [6.45, 7) is 4.69. The van der Waals surface area contributed by atoms with Gasteiger partial charge in [-0.3, -0.25) is 0 Å². The molecule has 224 valence electrons. The third-order valence-electron chi connectivity index (χ3n) is 9.90. The van der Waals surface area contributed by atoms with E-state index in [2.05, 4.69) is 183 Å². The van der Waals surface area contributed by atoms with E-state index in [1.54, 1.807) is 0 Å². The van der Waals surface area contributed by atoms with Gasteiger partial charge in [0.2, 0.25) is 0 Å². The van der Waals surface area contributed by atoms with Crippen molar-refractivity contribution in [1.82, 2.24) is 0 Å². The zero-order valence-electron chi connectivity index (χ0n) is 26.4. The summed E-state index contributed by atoms with van der Waals surface area (Å²) in [5.41, 5.74) is 13.9. The topological polar surface area (TPSA) is 3.24 Å². The first-order valence-electron chi connectivity index (χ1n) is 16.3. The number of anilines is 3. The Balaban J connectivity index is 1.07. The highest BCUT2D eigenvalue weighted by Gasteiger charge is 2.35. The molecule has 1 nitrogen and oxygen atoms in total. The number of thiophene rings is 1. The molecule has 1 heterocycles. The highest BCUT2D eigenvalue weighted by Crippen LogP contribution is 2.49. The van der Waals surface area contributed by atoms with Gasteiger partial charge in [0.05, 0.1) is 0 Å². The molecule has 0 spiro atoms. The second-order valence-corrected chi connectivity index (χ2v) is 14.0. The van der Waals surface area contributed by atoms with Gasteiger partial charge in [-0.15, -0.1) is 11.3 Å². The van der Waals surface area contributed by atoms with Crippen LogP contribution in [0.1, 0.15) is 25.0 Å². The molecule has 1 aliphatic carbocycles. The molecule has 0 N–H and O–H groups in total. The van der Waals surface area contributed by atoms with E-state index in [-0.39, 0.29) is 5.41 Å². The van der Waals surface area contributed by atoms with Crippen molar-refractivity contribution in [1.29, 1.82) is 0 Å². The fraction of sp³-hybridized carbons (Fsp3) is 0.0667. The van der Waals surface area contributed by atoms with Crippen LogP contribution in [0.15, 0.2) is 164 Å². The Hall–Kier alpha value is -5.44. The molecule has 0 unspecified atom stereocenters. The van der Waals surface area contributed by atoms with Crippen molar-refractivity contribution in [3.63, 3.8) is 0 Å². The van der Waals surface area contributed by atoms with E-state index in [1.165, 1.54) is 64.7 Å². The minimum atomic E-state index is -0.0132. The summed E-state index contributed by atoms with van der Waals surface area (Å²) < 4.78 is 2.68. The Kier molecular flexibility index (Phi) is 6.41. The van der Waals surface area contributed by atoms with Gasteiger partial charge < -0.3 is 4.90 Å². The van der Waals surface area contributed by atoms with Crippen LogP contribution in [0.3, 0.4) is 0 Å². The van der Waals surface area contributed by atoms with E-state index in [1.807, 2.05) is 11.3 Å². The molecule has 7 aromatic carbocycles. The van der Waals surface area contributed by atoms with Crippen LogP contribution in [0.5, 0.6) is 0 Å². The Morgan fingerprint density at radius 2 is 1.00 bits per heavy atom. The standard InChI is InChI=1S/C45H33NS/c1-45(2)41-17-8-6-13-37(41)38-28-23-32(29-42(38)45)30-19-24-34(25-20-30)46(33-11-4-3-5-12-33)35-26-21-31(22-27-35)36-15-10-16-40-39-14-7-9-18-43(39)47-44(36)40/h3-29H,1-2H3. The summed E-state index contributed by atoms with van der Waals surface area (Å²) in [4.78, 5) is 2.34. The predicted molar refractivity (Wildman–Crippen MR) is 202 cm³/mol. The van der Waals surface area contributed by atoms with Crippen LogP contribution in [0.2, 0.25) is 0 Å². The molecule has 2 heteroatoms. The summed E-state index contributed by atoms with van der Waals surface area (Å²) in [7, 11) is 0. The molecule has 0 saturated heterocycles. The zero-order chi connectivity index (χ0) is 31.5. The molecule has 1 aliphatic rings. The number of rotatable bonds is 5. The fourth-order valence-electron chi connectivity index (χ4n) is 7.48. The third-order valence-corrected chi connectivity index (χ3v) is 11.1. The molecular formula is C45H33NS. The van der Waals surface area contributed by atoms with E-state index in [4.69, 9.17) is 0 Å². The van der Waals surface area contributed by atoms with Gasteiger partial charge in [0.15, 0.2) is 0 Å². The maximum absolute atomic E-state index is 2.40. The lowest BCUT2D eigenvalue weighted by Crippen LogP contribution is -2.14. The number of hydrogen-bond acceptors (Lipinski definition) is 2. The van der Waals surface area contributed by atoms with Crippen LogP contribution < -0.4 is 4.90 Å². The van der Waals surface area contributed by atoms with Crippen molar-refractivity contribution < 1.29 is 0 Å². The Labute approximate surface area is 280 Å². The number of nitrogens with zero attached hydrogens (tertiary/aromatic N) is 1. The van der Waals surface area contributed by atoms with Gasteiger partial charge in [-0.2, -0.15) is 0 Å². The van der Waals surface area contributed by atoms with Crippen LogP contribution in [0, 0.1) is 0 Å². The molecular weight excluding hydrogens is 587 g/mol. The maximum Gasteiger partial charge on any atom is 0.0462 e. The van der Waals surface area contributed by atoms with Crippen LogP contribution in [0.25, 0.3) is 53.6 Å². The molecule has 0 bridgehead atoms. The maximum atomic E-state index is 2.40. The minimum Gasteiger partial charge on any atom is -0.311 e. The van der Waals surface area contributed by atoms with E-state index in [0.717, 1.165) is 17.1 Å². The molecule has 0 atom stereocenters. The summed E-state index contributed by atoms with van der Waals surface area (Å²) in [6, 6.07) is 59.9. The van der Waals surface area contributed by atoms with Crippen molar-refractivity contribution in [2.75, 3.05) is 4.90 Å². The van der Waals surface area contributed by atoms with Crippen LogP contribution in [-0.4, -0.2) is 0 Å². The quantitative estimate of drug-likeness (QED) is 0.185. The first-order valence-corrected chi connectivity index (χ1v) is 17.1. The number of benzene rings is 7. The lowest BCUT2D eigenvalue weighted by atomic mass is 9.81. The second kappa shape index (κ2) is 10.8. The lowest BCUT2D eigenvalue weighted by Gasteiger charge is -2.26. The van der Waals surface area contributed by atoms with Gasteiger partial charge in [-0.25, -0.2) is 0 Å². The molecule has 0 aliphatic heterocycles. The van der Waals surface area contributed by atoms with Crippen molar-refractivity contribution >= 4 is 48.6 Å². The van der Waals surface area contributed by atoms with Crippen LogP contribution in [0.4, 0.5) is 17.1 Å². The van der Waals surface area contributed by atoms with E-state index < -0.39 is 0 Å². The molecule has 0 amide bonds.